The highest BCUT2D eigenvalue weighted by Gasteiger charge is 2.20. The van der Waals surface area contributed by atoms with Gasteiger partial charge in [0.15, 0.2) is 9.84 Å². The normalized spacial score (nSPS) is 11.7. The molecule has 0 aliphatic rings. The Bertz CT molecular complexity index is 731. The van der Waals surface area contributed by atoms with Gasteiger partial charge in [0, 0.05) is 13.3 Å². The third kappa shape index (κ3) is 1.86. The van der Waals surface area contributed by atoms with E-state index in [1.165, 1.54) is 17.7 Å². The Morgan fingerprint density at radius 2 is 2.06 bits per heavy atom. The van der Waals surface area contributed by atoms with E-state index in [0.29, 0.717) is 5.52 Å². The van der Waals surface area contributed by atoms with Crippen molar-refractivity contribution >= 4 is 26.8 Å². The van der Waals surface area contributed by atoms with Gasteiger partial charge in [0.1, 0.15) is 5.52 Å². The summed E-state index contributed by atoms with van der Waals surface area (Å²) < 4.78 is 29.4. The first-order chi connectivity index (χ1) is 8.36. The number of carbonyl (C=O) groups excluding carboxylic acids is 1. The van der Waals surface area contributed by atoms with Crippen LogP contribution >= 0.6 is 0 Å². The van der Waals surface area contributed by atoms with Crippen molar-refractivity contribution in [2.75, 3.05) is 13.4 Å². The number of aryl methyl sites for hydroxylation is 1. The van der Waals surface area contributed by atoms with E-state index in [1.54, 1.807) is 19.2 Å². The Morgan fingerprint density at radius 3 is 2.61 bits per heavy atom. The van der Waals surface area contributed by atoms with Crippen LogP contribution in [0.3, 0.4) is 0 Å². The van der Waals surface area contributed by atoms with Gasteiger partial charge in [-0.2, -0.15) is 0 Å². The van der Waals surface area contributed by atoms with Gasteiger partial charge in [-0.3, -0.25) is 0 Å². The minimum absolute atomic E-state index is 0.0728. The molecule has 0 unspecified atom stereocenters. The van der Waals surface area contributed by atoms with Crippen LogP contribution in [0.25, 0.3) is 11.0 Å². The Labute approximate surface area is 104 Å². The summed E-state index contributed by atoms with van der Waals surface area (Å²) in [6.07, 6.45) is 1.11. The van der Waals surface area contributed by atoms with Crippen molar-refractivity contribution in [3.63, 3.8) is 0 Å². The van der Waals surface area contributed by atoms with Crippen LogP contribution in [0.2, 0.25) is 0 Å². The van der Waals surface area contributed by atoms with Gasteiger partial charge >= 0.3 is 5.97 Å². The molecule has 1 heterocycles. The van der Waals surface area contributed by atoms with E-state index >= 15 is 0 Å². The molecule has 7 heteroatoms. The Hall–Kier alpha value is -1.89. The first-order valence-electron chi connectivity index (χ1n) is 5.10. The topological polar surface area (TPSA) is 78.3 Å². The van der Waals surface area contributed by atoms with Crippen molar-refractivity contribution in [1.29, 1.82) is 0 Å². The predicted molar refractivity (Wildman–Crippen MR) is 65.2 cm³/mol. The number of sulfone groups is 1. The lowest BCUT2D eigenvalue weighted by atomic mass is 10.3. The number of para-hydroxylation sites is 1. The molecule has 2 aromatic rings. The van der Waals surface area contributed by atoms with E-state index < -0.39 is 15.8 Å². The number of carbonyl (C=O) groups is 1. The number of hydrogen-bond acceptors (Lipinski definition) is 5. The van der Waals surface area contributed by atoms with Crippen LogP contribution in [0.5, 0.6) is 0 Å². The zero-order chi connectivity index (χ0) is 13.5. The summed E-state index contributed by atoms with van der Waals surface area (Å²) in [5.41, 5.74) is 0.848. The van der Waals surface area contributed by atoms with E-state index in [-0.39, 0.29) is 16.2 Å². The van der Waals surface area contributed by atoms with E-state index in [4.69, 9.17) is 0 Å². The van der Waals surface area contributed by atoms with Gasteiger partial charge in [-0.15, -0.1) is 0 Å². The SMILES string of the molecule is COC(=O)c1nc2c(S(C)(=O)=O)cccc2n1C. The second-order valence-electron chi connectivity index (χ2n) is 3.88. The quantitative estimate of drug-likeness (QED) is 0.751. The number of esters is 1. The molecule has 0 bridgehead atoms. The van der Waals surface area contributed by atoms with Gasteiger partial charge in [0.2, 0.25) is 5.82 Å². The lowest BCUT2D eigenvalue weighted by Crippen LogP contribution is -2.08. The zero-order valence-corrected chi connectivity index (χ0v) is 11.0. The zero-order valence-electron chi connectivity index (χ0n) is 10.2. The van der Waals surface area contributed by atoms with Crippen molar-refractivity contribution < 1.29 is 17.9 Å². The average molecular weight is 268 g/mol. The largest absolute Gasteiger partial charge is 0.463 e. The molecule has 0 atom stereocenters. The summed E-state index contributed by atoms with van der Waals surface area (Å²) in [7, 11) is -0.511. The van der Waals surface area contributed by atoms with Gasteiger partial charge in [-0.1, -0.05) is 6.07 Å². The average Bonchev–Trinajstić information content (AvgIpc) is 2.65. The van der Waals surface area contributed by atoms with Crippen molar-refractivity contribution in [1.82, 2.24) is 9.55 Å². The van der Waals surface area contributed by atoms with Gasteiger partial charge < -0.3 is 9.30 Å². The van der Waals surface area contributed by atoms with Crippen LogP contribution in [0.15, 0.2) is 23.1 Å². The maximum Gasteiger partial charge on any atom is 0.374 e. The highest BCUT2D eigenvalue weighted by molar-refractivity contribution is 7.91. The summed E-state index contributed by atoms with van der Waals surface area (Å²) in [6, 6.07) is 4.77. The van der Waals surface area contributed by atoms with Crippen LogP contribution in [-0.4, -0.2) is 37.3 Å². The number of nitrogens with zero attached hydrogens (tertiary/aromatic N) is 2. The van der Waals surface area contributed by atoms with Crippen LogP contribution in [0.1, 0.15) is 10.6 Å². The van der Waals surface area contributed by atoms with Crippen LogP contribution in [0, 0.1) is 0 Å². The van der Waals surface area contributed by atoms with Crippen molar-refractivity contribution in [3.8, 4) is 0 Å². The van der Waals surface area contributed by atoms with Crippen LogP contribution < -0.4 is 0 Å². The molecule has 0 fully saturated rings. The highest BCUT2D eigenvalue weighted by Crippen LogP contribution is 2.23. The third-order valence-corrected chi connectivity index (χ3v) is 3.77. The highest BCUT2D eigenvalue weighted by atomic mass is 32.2. The standard InChI is InChI=1S/C11H12N2O4S/c1-13-7-5-4-6-8(18(3,15)16)9(7)12-10(13)11(14)17-2/h4-6H,1-3H3. The molecule has 0 saturated heterocycles. The lowest BCUT2D eigenvalue weighted by molar-refractivity contribution is 0.0583. The number of benzene rings is 1. The van der Waals surface area contributed by atoms with E-state index in [2.05, 4.69) is 9.72 Å². The first kappa shape index (κ1) is 12.6. The molecule has 6 nitrogen and oxygen atoms in total. The molecule has 0 N–H and O–H groups in total. The molecule has 0 spiro atoms. The van der Waals surface area contributed by atoms with Gasteiger partial charge in [-0.05, 0) is 12.1 Å². The molecular formula is C11H12N2O4S. The number of rotatable bonds is 2. The molecule has 0 aliphatic heterocycles. The summed E-state index contributed by atoms with van der Waals surface area (Å²) >= 11 is 0. The number of ether oxygens (including phenoxy) is 1. The van der Waals surface area contributed by atoms with E-state index in [0.717, 1.165) is 6.26 Å². The molecule has 1 aromatic carbocycles. The monoisotopic (exact) mass is 268 g/mol. The fourth-order valence-electron chi connectivity index (χ4n) is 1.76. The minimum Gasteiger partial charge on any atom is -0.463 e. The fourth-order valence-corrected chi connectivity index (χ4v) is 2.59. The summed E-state index contributed by atoms with van der Waals surface area (Å²) in [5, 5.41) is 0. The van der Waals surface area contributed by atoms with Crippen molar-refractivity contribution in [2.24, 2.45) is 7.05 Å². The second kappa shape index (κ2) is 4.09. The maximum atomic E-state index is 11.6. The number of methoxy groups -OCH3 is 1. The molecule has 0 aliphatic carbocycles. The van der Waals surface area contributed by atoms with E-state index in [1.807, 2.05) is 0 Å². The van der Waals surface area contributed by atoms with Crippen molar-refractivity contribution in [2.45, 2.75) is 4.90 Å². The van der Waals surface area contributed by atoms with Crippen LogP contribution in [-0.2, 0) is 21.6 Å². The number of fused-ring (bicyclic) bond motifs is 1. The minimum atomic E-state index is -3.39. The summed E-state index contributed by atoms with van der Waals surface area (Å²) in [4.78, 5) is 15.7. The Balaban J connectivity index is 2.85. The fraction of sp³-hybridized carbons (Fsp3) is 0.273. The molecule has 1 aromatic heterocycles. The smallest absolute Gasteiger partial charge is 0.374 e. The molecule has 96 valence electrons. The van der Waals surface area contributed by atoms with Crippen molar-refractivity contribution in [3.05, 3.63) is 24.0 Å². The lowest BCUT2D eigenvalue weighted by Gasteiger charge is -2.00. The number of aromatic nitrogens is 2. The molecule has 0 radical (unpaired) electrons. The number of imidazole rings is 1. The number of hydrogen-bond donors (Lipinski definition) is 0. The summed E-state index contributed by atoms with van der Waals surface area (Å²) in [6.45, 7) is 0. The Morgan fingerprint density at radius 1 is 1.39 bits per heavy atom. The van der Waals surface area contributed by atoms with Gasteiger partial charge in [0.25, 0.3) is 0 Å². The maximum absolute atomic E-state index is 11.6. The summed E-state index contributed by atoms with van der Waals surface area (Å²) in [5.74, 6) is -0.531. The Kier molecular flexibility index (Phi) is 2.86. The molecule has 0 amide bonds. The molecule has 2 rings (SSSR count). The first-order valence-corrected chi connectivity index (χ1v) is 6.99. The predicted octanol–water partition coefficient (Wildman–Crippen LogP) is 0.763. The van der Waals surface area contributed by atoms with Crippen LogP contribution in [0.4, 0.5) is 0 Å². The molecule has 0 saturated carbocycles. The second-order valence-corrected chi connectivity index (χ2v) is 5.87. The van der Waals surface area contributed by atoms with Gasteiger partial charge in [-0.25, -0.2) is 18.2 Å². The van der Waals surface area contributed by atoms with Gasteiger partial charge in [0.05, 0.1) is 17.5 Å². The van der Waals surface area contributed by atoms with E-state index in [9.17, 15) is 13.2 Å². The third-order valence-electron chi connectivity index (χ3n) is 2.64. The molecular weight excluding hydrogens is 256 g/mol. The molecule has 18 heavy (non-hydrogen) atoms.